The number of thioether (sulfide) groups is 1. The third-order valence-electron chi connectivity index (χ3n) is 3.07. The predicted molar refractivity (Wildman–Crippen MR) is 111 cm³/mol. The first-order valence-electron chi connectivity index (χ1n) is 7.69. The summed E-state index contributed by atoms with van der Waals surface area (Å²) in [5.41, 5.74) is 8.38. The molecule has 0 fully saturated rings. The molecule has 0 spiro atoms. The minimum Gasteiger partial charge on any atom is -0.398 e. The number of nitrogens with two attached hydrogens (primary N) is 1. The van der Waals surface area contributed by atoms with Crippen LogP contribution in [0.4, 0.5) is 0 Å². The molecule has 0 aromatic heterocycles. The summed E-state index contributed by atoms with van der Waals surface area (Å²) in [6.07, 6.45) is 15.6. The van der Waals surface area contributed by atoms with Crippen molar-refractivity contribution in [1.29, 1.82) is 0 Å². The summed E-state index contributed by atoms with van der Waals surface area (Å²) in [5.74, 6) is -0.177. The van der Waals surface area contributed by atoms with Crippen LogP contribution in [-0.4, -0.2) is 37.5 Å². The number of carbonyl (C=O) groups is 1. The van der Waals surface area contributed by atoms with E-state index in [0.717, 1.165) is 11.1 Å². The predicted octanol–water partition coefficient (Wildman–Crippen LogP) is 3.33. The fourth-order valence-electron chi connectivity index (χ4n) is 1.56. The Bertz CT molecular complexity index is 640. The van der Waals surface area contributed by atoms with Crippen molar-refractivity contribution in [1.82, 2.24) is 10.2 Å². The molecule has 3 N–H and O–H groups in total. The maximum atomic E-state index is 12.7. The maximum Gasteiger partial charge on any atom is 0.269 e. The van der Waals surface area contributed by atoms with Gasteiger partial charge in [-0.15, -0.1) is 11.8 Å². The number of rotatable bonds is 9. The van der Waals surface area contributed by atoms with Gasteiger partial charge in [0.15, 0.2) is 0 Å². The van der Waals surface area contributed by atoms with E-state index >= 15 is 0 Å². The average molecular weight is 361 g/mol. The first-order chi connectivity index (χ1) is 11.9. The van der Waals surface area contributed by atoms with Gasteiger partial charge >= 0.3 is 0 Å². The van der Waals surface area contributed by atoms with Gasteiger partial charge in [-0.1, -0.05) is 24.3 Å². The van der Waals surface area contributed by atoms with E-state index in [0.29, 0.717) is 10.6 Å². The molecule has 0 aliphatic heterocycles. The molecule has 0 atom stereocenters. The second-order valence-electron chi connectivity index (χ2n) is 5.02. The first-order valence-corrected chi connectivity index (χ1v) is 8.92. The molecule has 0 saturated heterocycles. The Labute approximate surface area is 155 Å². The molecule has 0 bridgehead atoms. The maximum absolute atomic E-state index is 12.7. The van der Waals surface area contributed by atoms with Crippen molar-refractivity contribution in [2.75, 3.05) is 20.4 Å². The summed E-state index contributed by atoms with van der Waals surface area (Å²) in [7, 11) is 3.41. The lowest BCUT2D eigenvalue weighted by molar-refractivity contribution is -0.120. The lowest BCUT2D eigenvalue weighted by atomic mass is 10.2. The topological polar surface area (TPSA) is 70.7 Å². The van der Waals surface area contributed by atoms with E-state index in [4.69, 9.17) is 5.73 Å². The molecule has 136 valence electrons. The molecule has 0 saturated carbocycles. The second-order valence-corrected chi connectivity index (χ2v) is 5.86. The highest BCUT2D eigenvalue weighted by Gasteiger charge is 2.14. The zero-order chi connectivity index (χ0) is 19.2. The molecule has 0 aliphatic rings. The average Bonchev–Trinajstić information content (AvgIpc) is 2.62. The number of aliphatic imine (C=N–C) groups is 1. The van der Waals surface area contributed by atoms with Gasteiger partial charge in [-0.25, -0.2) is 0 Å². The minimum atomic E-state index is -0.177. The number of nitrogens with zero attached hydrogens (tertiary/aromatic N) is 2. The van der Waals surface area contributed by atoms with Gasteiger partial charge in [-0.2, -0.15) is 0 Å². The van der Waals surface area contributed by atoms with Crippen LogP contribution in [0.5, 0.6) is 0 Å². The highest BCUT2D eigenvalue weighted by Crippen LogP contribution is 2.18. The van der Waals surface area contributed by atoms with Gasteiger partial charge in [-0.05, 0) is 50.1 Å². The standard InChI is InChI=1S/C19H28N4OS/c1-7-15(2)9-8-12-23(14-22-5)19(24)18(25-6)13-16(3)17(20)10-11-21-4/h7-14,21H,1,20H2,2-6H3/b11-10-,12-8+,15-9-,17-16-,18-13-,22-14?. The van der Waals surface area contributed by atoms with E-state index in [-0.39, 0.29) is 5.91 Å². The van der Waals surface area contributed by atoms with Gasteiger partial charge in [0.2, 0.25) is 0 Å². The number of carbonyl (C=O) groups excluding carboxylic acids is 1. The lowest BCUT2D eigenvalue weighted by Crippen LogP contribution is -2.25. The number of amides is 1. The number of allylic oxidation sites excluding steroid dienone is 7. The fraction of sp³-hybridized carbons (Fsp3) is 0.263. The Morgan fingerprint density at radius 2 is 2.04 bits per heavy atom. The van der Waals surface area contributed by atoms with Gasteiger partial charge in [0, 0.05) is 26.0 Å². The van der Waals surface area contributed by atoms with Crippen LogP contribution in [0, 0.1) is 0 Å². The van der Waals surface area contributed by atoms with Gasteiger partial charge in [0.25, 0.3) is 5.91 Å². The SMILES string of the molecule is C=C/C(C)=C\C=C\N(C=NC)C(=O)/C(=C/C(C)=C(N)/C=C\NC)SC. The summed E-state index contributed by atoms with van der Waals surface area (Å²) >= 11 is 1.36. The Kier molecular flexibility index (Phi) is 11.6. The Morgan fingerprint density at radius 1 is 1.36 bits per heavy atom. The lowest BCUT2D eigenvalue weighted by Gasteiger charge is -2.14. The van der Waals surface area contributed by atoms with Crippen molar-refractivity contribution < 1.29 is 4.79 Å². The van der Waals surface area contributed by atoms with E-state index < -0.39 is 0 Å². The molecule has 0 aromatic rings. The zero-order valence-corrected chi connectivity index (χ0v) is 16.4. The van der Waals surface area contributed by atoms with E-state index in [1.807, 2.05) is 26.2 Å². The molecule has 0 aliphatic carbocycles. The van der Waals surface area contributed by atoms with Crippen LogP contribution < -0.4 is 11.1 Å². The zero-order valence-electron chi connectivity index (χ0n) is 15.6. The van der Waals surface area contributed by atoms with Crippen LogP contribution in [0.25, 0.3) is 0 Å². The van der Waals surface area contributed by atoms with Gasteiger partial charge in [0.05, 0.1) is 11.2 Å². The van der Waals surface area contributed by atoms with E-state index in [2.05, 4.69) is 16.9 Å². The highest BCUT2D eigenvalue weighted by atomic mass is 32.2. The molecular weight excluding hydrogens is 332 g/mol. The van der Waals surface area contributed by atoms with E-state index in [1.54, 1.807) is 50.8 Å². The molecule has 25 heavy (non-hydrogen) atoms. The summed E-state index contributed by atoms with van der Waals surface area (Å²) in [4.78, 5) is 18.7. The minimum absolute atomic E-state index is 0.177. The number of hydrogen-bond donors (Lipinski definition) is 2. The summed E-state index contributed by atoms with van der Waals surface area (Å²) in [6, 6.07) is 0. The molecule has 1 amide bonds. The Balaban J connectivity index is 5.60. The Morgan fingerprint density at radius 3 is 2.56 bits per heavy atom. The molecule has 0 unspecified atom stereocenters. The quantitative estimate of drug-likeness (QED) is 0.286. The van der Waals surface area contributed by atoms with Crippen molar-refractivity contribution >= 4 is 24.0 Å². The van der Waals surface area contributed by atoms with E-state index in [9.17, 15) is 4.79 Å². The summed E-state index contributed by atoms with van der Waals surface area (Å²) in [5, 5.41) is 2.88. The van der Waals surface area contributed by atoms with Crippen molar-refractivity contribution in [3.8, 4) is 0 Å². The molecule has 6 heteroatoms. The van der Waals surface area contributed by atoms with Crippen molar-refractivity contribution in [3.05, 3.63) is 71.1 Å². The summed E-state index contributed by atoms with van der Waals surface area (Å²) in [6.45, 7) is 7.49. The fourth-order valence-corrected chi connectivity index (χ4v) is 2.13. The molecule has 0 heterocycles. The summed E-state index contributed by atoms with van der Waals surface area (Å²) < 4.78 is 0. The largest absolute Gasteiger partial charge is 0.398 e. The normalized spacial score (nSPS) is 14.3. The molecule has 0 aromatic carbocycles. The van der Waals surface area contributed by atoms with Gasteiger partial charge < -0.3 is 11.1 Å². The third-order valence-corrected chi connectivity index (χ3v) is 3.80. The van der Waals surface area contributed by atoms with Crippen LogP contribution in [0.1, 0.15) is 13.8 Å². The molecule has 5 nitrogen and oxygen atoms in total. The molecule has 0 radical (unpaired) electrons. The van der Waals surface area contributed by atoms with Gasteiger partial charge in [0.1, 0.15) is 0 Å². The number of hydrogen-bond acceptors (Lipinski definition) is 5. The molecule has 0 rings (SSSR count). The smallest absolute Gasteiger partial charge is 0.269 e. The van der Waals surface area contributed by atoms with Crippen molar-refractivity contribution in [3.63, 3.8) is 0 Å². The molecular formula is C19H28N4OS. The van der Waals surface area contributed by atoms with Crippen LogP contribution >= 0.6 is 11.8 Å². The van der Waals surface area contributed by atoms with Crippen molar-refractivity contribution in [2.24, 2.45) is 10.7 Å². The van der Waals surface area contributed by atoms with Gasteiger partial charge in [-0.3, -0.25) is 14.7 Å². The third kappa shape index (κ3) is 8.81. The number of nitrogens with one attached hydrogen (secondary N) is 1. The van der Waals surface area contributed by atoms with Crippen LogP contribution in [0.2, 0.25) is 0 Å². The first kappa shape index (κ1) is 22.5. The van der Waals surface area contributed by atoms with Crippen molar-refractivity contribution in [2.45, 2.75) is 13.8 Å². The van der Waals surface area contributed by atoms with Crippen LogP contribution in [-0.2, 0) is 4.79 Å². The Hall–Kier alpha value is -2.47. The van der Waals surface area contributed by atoms with Crippen LogP contribution in [0.15, 0.2) is 76.1 Å². The second kappa shape index (κ2) is 12.9. The monoisotopic (exact) mass is 360 g/mol. The highest BCUT2D eigenvalue weighted by molar-refractivity contribution is 8.03. The van der Waals surface area contributed by atoms with Crippen LogP contribution in [0.3, 0.4) is 0 Å². The van der Waals surface area contributed by atoms with E-state index in [1.165, 1.54) is 23.0 Å².